The number of imidazole rings is 1. The van der Waals surface area contributed by atoms with Gasteiger partial charge in [0.05, 0.1) is 17.1 Å². The molecule has 0 saturated carbocycles. The lowest BCUT2D eigenvalue weighted by molar-refractivity contribution is 0.283. The Morgan fingerprint density at radius 3 is 2.68 bits per heavy atom. The molecule has 0 spiro atoms. The van der Waals surface area contributed by atoms with Crippen molar-refractivity contribution in [2.24, 2.45) is 0 Å². The number of aromatic nitrogens is 4. The standard InChI is InChI=1S/C24H29FN6/c1-2-12-26-24-27-13-11-20(28-24)23-22(17-5-7-18(25)8-6-17)29-21-10-9-19(31(21)23)16-30-14-3-4-15-30/h5-8,11,13,19H,2-4,9-10,12,14-16H2,1H3,(H,26,27,28). The van der Waals surface area contributed by atoms with Crippen LogP contribution in [-0.2, 0) is 6.42 Å². The highest BCUT2D eigenvalue weighted by atomic mass is 19.1. The number of hydrogen-bond donors (Lipinski definition) is 1. The molecule has 4 heterocycles. The first-order chi connectivity index (χ1) is 15.2. The van der Waals surface area contributed by atoms with E-state index in [9.17, 15) is 4.39 Å². The first-order valence-corrected chi connectivity index (χ1v) is 11.4. The van der Waals surface area contributed by atoms with Crippen LogP contribution in [0.5, 0.6) is 0 Å². The molecule has 5 rings (SSSR count). The molecule has 1 N–H and O–H groups in total. The molecule has 162 valence electrons. The van der Waals surface area contributed by atoms with Crippen LogP contribution >= 0.6 is 0 Å². The molecule has 1 aromatic carbocycles. The maximum Gasteiger partial charge on any atom is 0.223 e. The number of aryl methyl sites for hydroxylation is 1. The summed E-state index contributed by atoms with van der Waals surface area (Å²) in [6, 6.07) is 8.96. The van der Waals surface area contributed by atoms with Crippen LogP contribution in [0.1, 0.15) is 44.5 Å². The van der Waals surface area contributed by atoms with Crippen LogP contribution in [0.3, 0.4) is 0 Å². The number of halogens is 1. The lowest BCUT2D eigenvalue weighted by Gasteiger charge is -2.23. The van der Waals surface area contributed by atoms with E-state index in [4.69, 9.17) is 9.97 Å². The summed E-state index contributed by atoms with van der Waals surface area (Å²) >= 11 is 0. The second-order valence-corrected chi connectivity index (χ2v) is 8.49. The zero-order valence-electron chi connectivity index (χ0n) is 18.0. The van der Waals surface area contributed by atoms with E-state index in [1.54, 1.807) is 6.20 Å². The molecule has 31 heavy (non-hydrogen) atoms. The van der Waals surface area contributed by atoms with Crippen molar-refractivity contribution in [1.29, 1.82) is 0 Å². The lowest BCUT2D eigenvalue weighted by Crippen LogP contribution is -2.27. The van der Waals surface area contributed by atoms with Crippen LogP contribution in [0.4, 0.5) is 10.3 Å². The van der Waals surface area contributed by atoms with Crippen molar-refractivity contribution in [2.75, 3.05) is 31.5 Å². The first kappa shape index (κ1) is 20.1. The Balaban J connectivity index is 1.59. The summed E-state index contributed by atoms with van der Waals surface area (Å²) in [5.41, 5.74) is 3.67. The van der Waals surface area contributed by atoms with Crippen molar-refractivity contribution in [2.45, 2.75) is 45.1 Å². The number of fused-ring (bicyclic) bond motifs is 1. The molecule has 0 bridgehead atoms. The first-order valence-electron chi connectivity index (χ1n) is 11.4. The predicted octanol–water partition coefficient (Wildman–Crippen LogP) is 4.55. The topological polar surface area (TPSA) is 58.9 Å². The van der Waals surface area contributed by atoms with Crippen molar-refractivity contribution in [3.63, 3.8) is 0 Å². The Hall–Kier alpha value is -2.80. The van der Waals surface area contributed by atoms with Gasteiger partial charge in [0.15, 0.2) is 0 Å². The molecule has 0 aliphatic carbocycles. The smallest absolute Gasteiger partial charge is 0.223 e. The Morgan fingerprint density at radius 2 is 1.90 bits per heavy atom. The molecule has 6 nitrogen and oxygen atoms in total. The molecule has 3 aromatic rings. The third-order valence-electron chi connectivity index (χ3n) is 6.27. The van der Waals surface area contributed by atoms with Crippen molar-refractivity contribution < 1.29 is 4.39 Å². The van der Waals surface area contributed by atoms with Gasteiger partial charge in [0.1, 0.15) is 11.6 Å². The molecule has 0 radical (unpaired) electrons. The minimum Gasteiger partial charge on any atom is -0.354 e. The Morgan fingerprint density at radius 1 is 1.10 bits per heavy atom. The fourth-order valence-electron chi connectivity index (χ4n) is 4.78. The van der Waals surface area contributed by atoms with Gasteiger partial charge in [-0.1, -0.05) is 6.92 Å². The molecule has 1 atom stereocenters. The van der Waals surface area contributed by atoms with Gasteiger partial charge in [-0.3, -0.25) is 0 Å². The zero-order chi connectivity index (χ0) is 21.2. The monoisotopic (exact) mass is 420 g/mol. The van der Waals surface area contributed by atoms with Gasteiger partial charge in [0.2, 0.25) is 5.95 Å². The summed E-state index contributed by atoms with van der Waals surface area (Å²) in [4.78, 5) is 16.8. The van der Waals surface area contributed by atoms with Gasteiger partial charge >= 0.3 is 0 Å². The van der Waals surface area contributed by atoms with E-state index in [0.717, 1.165) is 60.8 Å². The predicted molar refractivity (Wildman–Crippen MR) is 120 cm³/mol. The minimum absolute atomic E-state index is 0.239. The van der Waals surface area contributed by atoms with E-state index in [0.29, 0.717) is 12.0 Å². The quantitative estimate of drug-likeness (QED) is 0.608. The Labute approximate surface area is 182 Å². The Kier molecular flexibility index (Phi) is 5.68. The van der Waals surface area contributed by atoms with E-state index in [1.807, 2.05) is 18.2 Å². The highest BCUT2D eigenvalue weighted by Crippen LogP contribution is 2.39. The van der Waals surface area contributed by atoms with Crippen LogP contribution in [-0.4, -0.2) is 50.6 Å². The molecule has 1 unspecified atom stereocenters. The van der Waals surface area contributed by atoms with Crippen molar-refractivity contribution in [3.05, 3.63) is 48.2 Å². The summed E-state index contributed by atoms with van der Waals surface area (Å²) in [6.07, 6.45) is 7.44. The molecule has 2 aliphatic heterocycles. The van der Waals surface area contributed by atoms with Crippen LogP contribution in [0.2, 0.25) is 0 Å². The Bertz CT molecular complexity index is 1040. The fraction of sp³-hybridized carbons (Fsp3) is 0.458. The number of nitrogens with zero attached hydrogens (tertiary/aromatic N) is 5. The summed E-state index contributed by atoms with van der Waals surface area (Å²) in [5.74, 6) is 1.49. The normalized spacial score (nSPS) is 18.5. The number of hydrogen-bond acceptors (Lipinski definition) is 5. The third kappa shape index (κ3) is 4.06. The lowest BCUT2D eigenvalue weighted by atomic mass is 10.1. The second-order valence-electron chi connectivity index (χ2n) is 8.49. The summed E-state index contributed by atoms with van der Waals surface area (Å²) in [7, 11) is 0. The average Bonchev–Trinajstić information content (AvgIpc) is 3.51. The molecule has 0 amide bonds. The second kappa shape index (κ2) is 8.75. The minimum atomic E-state index is -0.239. The highest BCUT2D eigenvalue weighted by molar-refractivity contribution is 5.78. The van der Waals surface area contributed by atoms with Crippen LogP contribution < -0.4 is 5.32 Å². The number of benzene rings is 1. The fourth-order valence-corrected chi connectivity index (χ4v) is 4.78. The van der Waals surface area contributed by atoms with Gasteiger partial charge in [0, 0.05) is 37.3 Å². The summed E-state index contributed by atoms with van der Waals surface area (Å²) < 4.78 is 16.0. The molecular formula is C24H29FN6. The molecule has 2 aromatic heterocycles. The van der Waals surface area contributed by atoms with Gasteiger partial charge in [-0.2, -0.15) is 0 Å². The van der Waals surface area contributed by atoms with Gasteiger partial charge in [-0.15, -0.1) is 0 Å². The number of anilines is 1. The van der Waals surface area contributed by atoms with Gasteiger partial charge in [-0.25, -0.2) is 19.3 Å². The summed E-state index contributed by atoms with van der Waals surface area (Å²) in [6.45, 7) is 6.36. The SMILES string of the molecule is CCCNc1nccc(-c2c(-c3ccc(F)cc3)nc3n2C(CN2CCCC2)CC3)n1. The molecular weight excluding hydrogens is 391 g/mol. The third-order valence-corrected chi connectivity index (χ3v) is 6.27. The van der Waals surface area contributed by atoms with E-state index >= 15 is 0 Å². The van der Waals surface area contributed by atoms with Crippen molar-refractivity contribution in [3.8, 4) is 22.6 Å². The molecule has 1 fully saturated rings. The molecule has 1 saturated heterocycles. The van der Waals surface area contributed by atoms with Gasteiger partial charge in [0.25, 0.3) is 0 Å². The van der Waals surface area contributed by atoms with E-state index < -0.39 is 0 Å². The maximum absolute atomic E-state index is 13.6. The summed E-state index contributed by atoms with van der Waals surface area (Å²) in [5, 5.41) is 3.29. The van der Waals surface area contributed by atoms with Gasteiger partial charge in [-0.05, 0) is 69.1 Å². The zero-order valence-corrected chi connectivity index (χ0v) is 18.0. The van der Waals surface area contributed by atoms with E-state index in [2.05, 4.69) is 26.7 Å². The molecule has 2 aliphatic rings. The van der Waals surface area contributed by atoms with Crippen molar-refractivity contribution >= 4 is 5.95 Å². The highest BCUT2D eigenvalue weighted by Gasteiger charge is 2.32. The maximum atomic E-state index is 13.6. The molecule has 7 heteroatoms. The van der Waals surface area contributed by atoms with Crippen LogP contribution in [0.15, 0.2) is 36.5 Å². The average molecular weight is 421 g/mol. The van der Waals surface area contributed by atoms with Crippen LogP contribution in [0.25, 0.3) is 22.6 Å². The van der Waals surface area contributed by atoms with Crippen molar-refractivity contribution in [1.82, 2.24) is 24.4 Å². The van der Waals surface area contributed by atoms with Gasteiger partial charge < -0.3 is 14.8 Å². The van der Waals surface area contributed by atoms with Crippen LogP contribution in [0, 0.1) is 5.82 Å². The van der Waals surface area contributed by atoms with E-state index in [1.165, 1.54) is 38.1 Å². The number of rotatable bonds is 7. The number of nitrogens with one attached hydrogen (secondary N) is 1. The largest absolute Gasteiger partial charge is 0.354 e. The number of likely N-dealkylation sites (tertiary alicyclic amines) is 1. The van der Waals surface area contributed by atoms with E-state index in [-0.39, 0.29) is 5.82 Å².